The van der Waals surface area contributed by atoms with Gasteiger partial charge in [0.05, 0.1) is 18.4 Å². The molecule has 0 fully saturated rings. The lowest BCUT2D eigenvalue weighted by molar-refractivity contribution is 0.0506. The summed E-state index contributed by atoms with van der Waals surface area (Å²) in [5.74, 6) is -2.45. The second-order valence-corrected chi connectivity index (χ2v) is 3.87. The zero-order valence-electron chi connectivity index (χ0n) is 9.40. The van der Waals surface area contributed by atoms with E-state index < -0.39 is 5.92 Å². The molecular formula is C12H13F2NO. The standard InChI is InChI=1S/C12H13F2NO/c1-7-6-9(16-3)8(2)10-11(7)15-5-4-12(10,13)14/h4-6,15H,1-3H3. The minimum Gasteiger partial charge on any atom is -0.496 e. The molecule has 1 aromatic carbocycles. The van der Waals surface area contributed by atoms with E-state index in [1.807, 2.05) is 0 Å². The van der Waals surface area contributed by atoms with Crippen LogP contribution in [-0.4, -0.2) is 7.11 Å². The van der Waals surface area contributed by atoms with Crippen molar-refractivity contribution in [1.82, 2.24) is 0 Å². The summed E-state index contributed by atoms with van der Waals surface area (Å²) in [6.07, 6.45) is 2.14. The van der Waals surface area contributed by atoms with Crippen molar-refractivity contribution in [1.29, 1.82) is 0 Å². The lowest BCUT2D eigenvalue weighted by Gasteiger charge is -2.26. The molecule has 4 heteroatoms. The molecule has 16 heavy (non-hydrogen) atoms. The van der Waals surface area contributed by atoms with Gasteiger partial charge in [0.2, 0.25) is 0 Å². The summed E-state index contributed by atoms with van der Waals surface area (Å²) in [6, 6.07) is 1.76. The highest BCUT2D eigenvalue weighted by molar-refractivity contribution is 5.69. The van der Waals surface area contributed by atoms with Crippen molar-refractivity contribution in [3.63, 3.8) is 0 Å². The van der Waals surface area contributed by atoms with Crippen LogP contribution in [0.2, 0.25) is 0 Å². The molecule has 0 amide bonds. The van der Waals surface area contributed by atoms with Gasteiger partial charge in [-0.1, -0.05) is 0 Å². The van der Waals surface area contributed by atoms with Crippen LogP contribution in [0.15, 0.2) is 18.3 Å². The lowest BCUT2D eigenvalue weighted by Crippen LogP contribution is -2.20. The molecule has 1 heterocycles. The van der Waals surface area contributed by atoms with Gasteiger partial charge in [-0.15, -0.1) is 0 Å². The van der Waals surface area contributed by atoms with E-state index in [1.165, 1.54) is 13.3 Å². The summed E-state index contributed by atoms with van der Waals surface area (Å²) in [6.45, 7) is 3.43. The van der Waals surface area contributed by atoms with Crippen LogP contribution in [0.25, 0.3) is 0 Å². The first kappa shape index (κ1) is 10.9. The van der Waals surface area contributed by atoms with E-state index in [9.17, 15) is 8.78 Å². The Morgan fingerprint density at radius 3 is 2.62 bits per heavy atom. The number of allylic oxidation sites excluding steroid dienone is 1. The molecular weight excluding hydrogens is 212 g/mol. The van der Waals surface area contributed by atoms with Crippen molar-refractivity contribution in [3.05, 3.63) is 35.0 Å². The van der Waals surface area contributed by atoms with E-state index in [0.717, 1.165) is 11.6 Å². The normalized spacial score (nSPS) is 16.6. The topological polar surface area (TPSA) is 21.3 Å². The van der Waals surface area contributed by atoms with E-state index in [-0.39, 0.29) is 5.56 Å². The van der Waals surface area contributed by atoms with E-state index in [0.29, 0.717) is 17.0 Å². The van der Waals surface area contributed by atoms with Crippen molar-refractivity contribution in [2.24, 2.45) is 0 Å². The number of aryl methyl sites for hydroxylation is 1. The van der Waals surface area contributed by atoms with Crippen molar-refractivity contribution < 1.29 is 13.5 Å². The van der Waals surface area contributed by atoms with Crippen molar-refractivity contribution in [3.8, 4) is 5.75 Å². The number of nitrogens with one attached hydrogen (secondary N) is 1. The van der Waals surface area contributed by atoms with E-state index in [4.69, 9.17) is 4.74 Å². The number of hydrogen-bond donors (Lipinski definition) is 1. The third-order valence-electron chi connectivity index (χ3n) is 2.81. The van der Waals surface area contributed by atoms with Gasteiger partial charge in [-0.2, -0.15) is 8.78 Å². The van der Waals surface area contributed by atoms with Crippen LogP contribution in [0.5, 0.6) is 5.75 Å². The molecule has 0 saturated carbocycles. The van der Waals surface area contributed by atoms with Gasteiger partial charge in [-0.25, -0.2) is 0 Å². The average molecular weight is 225 g/mol. The first-order chi connectivity index (χ1) is 7.47. The molecule has 0 atom stereocenters. The smallest absolute Gasteiger partial charge is 0.295 e. The summed E-state index contributed by atoms with van der Waals surface area (Å²) in [5.41, 5.74) is 1.71. The molecule has 0 radical (unpaired) electrons. The van der Waals surface area contributed by atoms with Gasteiger partial charge in [-0.05, 0) is 25.5 Å². The molecule has 0 aliphatic carbocycles. The third-order valence-corrected chi connectivity index (χ3v) is 2.81. The zero-order valence-corrected chi connectivity index (χ0v) is 9.40. The lowest BCUT2D eigenvalue weighted by atomic mass is 9.94. The average Bonchev–Trinajstić information content (AvgIpc) is 2.21. The van der Waals surface area contributed by atoms with Crippen LogP contribution >= 0.6 is 0 Å². The summed E-state index contributed by atoms with van der Waals surface area (Å²) >= 11 is 0. The van der Waals surface area contributed by atoms with Crippen LogP contribution in [0, 0.1) is 13.8 Å². The highest BCUT2D eigenvalue weighted by Crippen LogP contribution is 2.44. The molecule has 0 unspecified atom stereocenters. The van der Waals surface area contributed by atoms with E-state index >= 15 is 0 Å². The van der Waals surface area contributed by atoms with Crippen molar-refractivity contribution >= 4 is 5.69 Å². The van der Waals surface area contributed by atoms with Crippen molar-refractivity contribution in [2.45, 2.75) is 19.8 Å². The summed E-state index contributed by atoms with van der Waals surface area (Å²) < 4.78 is 32.6. The number of halogens is 2. The first-order valence-electron chi connectivity index (χ1n) is 4.98. The Kier molecular flexibility index (Phi) is 2.37. The number of alkyl halides is 2. The van der Waals surface area contributed by atoms with Crippen LogP contribution in [-0.2, 0) is 5.92 Å². The molecule has 1 aromatic rings. The Balaban J connectivity index is 2.75. The molecule has 0 saturated heterocycles. The monoisotopic (exact) mass is 225 g/mol. The van der Waals surface area contributed by atoms with Crippen molar-refractivity contribution in [2.75, 3.05) is 12.4 Å². The van der Waals surface area contributed by atoms with Gasteiger partial charge in [-0.3, -0.25) is 0 Å². The van der Waals surface area contributed by atoms with Crippen LogP contribution < -0.4 is 10.1 Å². The van der Waals surface area contributed by atoms with Crippen LogP contribution in [0.1, 0.15) is 16.7 Å². The van der Waals surface area contributed by atoms with Gasteiger partial charge in [0.1, 0.15) is 5.75 Å². The predicted octanol–water partition coefficient (Wildman–Crippen LogP) is 3.34. The number of anilines is 1. The van der Waals surface area contributed by atoms with E-state index in [2.05, 4.69) is 5.32 Å². The van der Waals surface area contributed by atoms with Crippen LogP contribution in [0.3, 0.4) is 0 Å². The first-order valence-corrected chi connectivity index (χ1v) is 4.98. The van der Waals surface area contributed by atoms with Gasteiger partial charge < -0.3 is 10.1 Å². The summed E-state index contributed by atoms with van der Waals surface area (Å²) in [4.78, 5) is 0. The largest absolute Gasteiger partial charge is 0.496 e. The van der Waals surface area contributed by atoms with Gasteiger partial charge in [0.25, 0.3) is 5.92 Å². The SMILES string of the molecule is COc1cc(C)c2c(c1C)C(F)(F)C=CN2. The molecule has 2 rings (SSSR count). The van der Waals surface area contributed by atoms with Gasteiger partial charge >= 0.3 is 0 Å². The Morgan fingerprint density at radius 2 is 2.00 bits per heavy atom. The highest BCUT2D eigenvalue weighted by atomic mass is 19.3. The maximum absolute atomic E-state index is 13.8. The molecule has 1 aliphatic heterocycles. The second-order valence-electron chi connectivity index (χ2n) is 3.87. The Morgan fingerprint density at radius 1 is 1.31 bits per heavy atom. The third kappa shape index (κ3) is 1.45. The van der Waals surface area contributed by atoms with E-state index in [1.54, 1.807) is 19.9 Å². The quantitative estimate of drug-likeness (QED) is 0.791. The molecule has 2 nitrogen and oxygen atoms in total. The maximum atomic E-state index is 13.8. The summed E-state index contributed by atoms with van der Waals surface area (Å²) in [7, 11) is 1.48. The fraction of sp³-hybridized carbons (Fsp3) is 0.333. The molecule has 1 aliphatic rings. The zero-order chi connectivity index (χ0) is 11.9. The number of ether oxygens (including phenoxy) is 1. The number of hydrogen-bond acceptors (Lipinski definition) is 2. The fourth-order valence-corrected chi connectivity index (χ4v) is 2.01. The Bertz CT molecular complexity index is 467. The number of methoxy groups -OCH3 is 1. The minimum atomic E-state index is -2.94. The number of rotatable bonds is 1. The Labute approximate surface area is 92.9 Å². The molecule has 1 N–H and O–H groups in total. The number of fused-ring (bicyclic) bond motifs is 1. The van der Waals surface area contributed by atoms with Gasteiger partial charge in [0, 0.05) is 17.8 Å². The molecule has 0 bridgehead atoms. The molecule has 86 valence electrons. The minimum absolute atomic E-state index is 0.00634. The molecule has 0 spiro atoms. The van der Waals surface area contributed by atoms with Gasteiger partial charge in [0.15, 0.2) is 0 Å². The molecule has 0 aromatic heterocycles. The second kappa shape index (κ2) is 3.47. The fourth-order valence-electron chi connectivity index (χ4n) is 2.01. The summed E-state index contributed by atoms with van der Waals surface area (Å²) in [5, 5.41) is 2.86. The van der Waals surface area contributed by atoms with Crippen LogP contribution in [0.4, 0.5) is 14.5 Å². The maximum Gasteiger partial charge on any atom is 0.295 e. The highest BCUT2D eigenvalue weighted by Gasteiger charge is 2.36. The number of benzene rings is 1. The predicted molar refractivity (Wildman–Crippen MR) is 59.1 cm³/mol. The Hall–Kier alpha value is -1.58.